The molecule has 200 valence electrons. The van der Waals surface area contributed by atoms with Crippen molar-refractivity contribution in [1.29, 1.82) is 0 Å². The van der Waals surface area contributed by atoms with Gasteiger partial charge in [-0.25, -0.2) is 14.6 Å². The van der Waals surface area contributed by atoms with E-state index in [4.69, 9.17) is 14.0 Å². The first-order chi connectivity index (χ1) is 17.9. The molecule has 0 radical (unpaired) electrons. The van der Waals surface area contributed by atoms with Gasteiger partial charge < -0.3 is 14.0 Å². The first kappa shape index (κ1) is 26.6. The van der Waals surface area contributed by atoms with Crippen LogP contribution in [0.1, 0.15) is 27.8 Å². The van der Waals surface area contributed by atoms with Crippen molar-refractivity contribution in [2.24, 2.45) is 0 Å². The molecule has 13 heteroatoms. The molecule has 1 N–H and O–H groups in total. The molecule has 0 spiro atoms. The molecular formula is C25H18F6N2O5. The number of aromatic nitrogens is 2. The fourth-order valence-electron chi connectivity index (χ4n) is 3.37. The normalized spacial score (nSPS) is 11.9. The summed E-state index contributed by atoms with van der Waals surface area (Å²) in [5.74, 6) is -0.617. The van der Waals surface area contributed by atoms with Crippen molar-refractivity contribution in [3.8, 4) is 11.5 Å². The summed E-state index contributed by atoms with van der Waals surface area (Å²) in [6, 6.07) is 13.2. The molecule has 4 rings (SSSR count). The Morgan fingerprint density at radius 2 is 1.16 bits per heavy atom. The van der Waals surface area contributed by atoms with Crippen molar-refractivity contribution in [2.45, 2.75) is 32.1 Å². The third-order valence-electron chi connectivity index (χ3n) is 5.31. The largest absolute Gasteiger partial charge is 0.485 e. The third kappa shape index (κ3) is 6.66. The fourth-order valence-corrected chi connectivity index (χ4v) is 3.37. The van der Waals surface area contributed by atoms with Gasteiger partial charge in [0.1, 0.15) is 13.2 Å². The van der Waals surface area contributed by atoms with Crippen LogP contribution in [-0.4, -0.2) is 9.72 Å². The average molecular weight is 540 g/mol. The monoisotopic (exact) mass is 540 g/mol. The topological polar surface area (TPSA) is 86.5 Å². The Balaban J connectivity index is 1.54. The molecule has 0 saturated carbocycles. The minimum Gasteiger partial charge on any atom is -0.485 e. The van der Waals surface area contributed by atoms with Gasteiger partial charge in [-0.2, -0.15) is 26.3 Å². The predicted octanol–water partition coefficient (Wildman–Crippen LogP) is 5.37. The van der Waals surface area contributed by atoms with Crippen molar-refractivity contribution in [1.82, 2.24) is 9.72 Å². The number of H-pyrrole nitrogens is 1. The molecule has 0 amide bonds. The first-order valence-corrected chi connectivity index (χ1v) is 10.9. The van der Waals surface area contributed by atoms with Gasteiger partial charge in [0.2, 0.25) is 0 Å². The summed E-state index contributed by atoms with van der Waals surface area (Å²) in [7, 11) is 0. The second kappa shape index (κ2) is 10.5. The van der Waals surface area contributed by atoms with Crippen LogP contribution in [0.3, 0.4) is 0 Å². The van der Waals surface area contributed by atoms with Gasteiger partial charge >= 0.3 is 23.8 Å². The summed E-state index contributed by atoms with van der Waals surface area (Å²) in [6.45, 7) is -0.398. The predicted molar refractivity (Wildman–Crippen MR) is 121 cm³/mol. The van der Waals surface area contributed by atoms with Crippen LogP contribution < -0.4 is 20.9 Å². The van der Waals surface area contributed by atoms with Gasteiger partial charge in [-0.15, -0.1) is 4.74 Å². The van der Waals surface area contributed by atoms with Gasteiger partial charge in [0.15, 0.2) is 11.5 Å². The summed E-state index contributed by atoms with van der Waals surface area (Å²) in [5, 5.41) is 0. The highest BCUT2D eigenvalue weighted by molar-refractivity contribution is 5.43. The number of hydrogen-bond acceptors (Lipinski definition) is 5. The van der Waals surface area contributed by atoms with E-state index in [1.165, 1.54) is 36.4 Å². The number of rotatable bonds is 8. The van der Waals surface area contributed by atoms with E-state index in [2.05, 4.69) is 0 Å². The van der Waals surface area contributed by atoms with Gasteiger partial charge in [-0.1, -0.05) is 30.3 Å². The molecule has 0 aliphatic rings. The summed E-state index contributed by atoms with van der Waals surface area (Å²) in [5.41, 5.74) is -1.08. The molecule has 0 aliphatic heterocycles. The molecule has 0 atom stereocenters. The summed E-state index contributed by atoms with van der Waals surface area (Å²) in [4.78, 5) is 24.9. The lowest BCUT2D eigenvalue weighted by Gasteiger charge is -2.15. The van der Waals surface area contributed by atoms with E-state index in [0.29, 0.717) is 16.7 Å². The molecule has 0 aliphatic carbocycles. The number of alkyl halides is 6. The van der Waals surface area contributed by atoms with Crippen LogP contribution >= 0.6 is 0 Å². The molecule has 38 heavy (non-hydrogen) atoms. The van der Waals surface area contributed by atoms with Gasteiger partial charge in [-0.3, -0.25) is 0 Å². The number of aromatic amines is 1. The third-order valence-corrected chi connectivity index (χ3v) is 5.31. The number of halogens is 6. The number of hydrogen-bond donors (Lipinski definition) is 1. The molecule has 7 nitrogen and oxygen atoms in total. The molecule has 3 aromatic carbocycles. The summed E-state index contributed by atoms with van der Waals surface area (Å²) < 4.78 is 93.9. The maximum absolute atomic E-state index is 12.8. The van der Waals surface area contributed by atoms with E-state index < -0.39 is 34.9 Å². The van der Waals surface area contributed by atoms with Crippen molar-refractivity contribution >= 4 is 0 Å². The molecule has 1 aromatic heterocycles. The fraction of sp³-hybridized carbons (Fsp3) is 0.200. The van der Waals surface area contributed by atoms with Crippen molar-refractivity contribution in [3.63, 3.8) is 0 Å². The van der Waals surface area contributed by atoms with Crippen LogP contribution in [0.15, 0.2) is 80.8 Å². The second-order valence-corrected chi connectivity index (χ2v) is 8.09. The van der Waals surface area contributed by atoms with Crippen molar-refractivity contribution in [3.05, 3.63) is 116 Å². The molecule has 0 bridgehead atoms. The zero-order valence-electron chi connectivity index (χ0n) is 19.2. The van der Waals surface area contributed by atoms with Crippen LogP contribution in [0.2, 0.25) is 0 Å². The lowest BCUT2D eigenvalue weighted by Crippen LogP contribution is -2.17. The van der Waals surface area contributed by atoms with E-state index in [9.17, 15) is 35.9 Å². The Labute approximate surface area is 209 Å². The molecule has 0 unspecified atom stereocenters. The van der Waals surface area contributed by atoms with Crippen LogP contribution in [-0.2, 0) is 32.1 Å². The minimum atomic E-state index is -4.49. The number of ether oxygens (including phenoxy) is 2. The lowest BCUT2D eigenvalue weighted by atomic mass is 10.1. The van der Waals surface area contributed by atoms with E-state index in [-0.39, 0.29) is 31.3 Å². The van der Waals surface area contributed by atoms with Crippen molar-refractivity contribution < 1.29 is 40.3 Å². The van der Waals surface area contributed by atoms with Gasteiger partial charge in [0.05, 0.1) is 17.7 Å². The Morgan fingerprint density at radius 3 is 1.61 bits per heavy atom. The summed E-state index contributed by atoms with van der Waals surface area (Å²) in [6.07, 6.45) is -8.96. The number of nitrogens with one attached hydrogen (secondary N) is 1. The zero-order chi connectivity index (χ0) is 27.5. The highest BCUT2D eigenvalue weighted by atomic mass is 19.4. The second-order valence-electron chi connectivity index (χ2n) is 8.09. The van der Waals surface area contributed by atoms with Gasteiger partial charge in [0.25, 0.3) is 0 Å². The SMILES string of the molecule is O=c1[nH]c(=O)n(Cc2ccc(OCc3ccc(C(F)(F)F)cc3)c(OCc3ccc(C(F)(F)F)cc3)c2)o1. The quantitative estimate of drug-likeness (QED) is 0.304. The van der Waals surface area contributed by atoms with E-state index in [1.807, 2.05) is 4.98 Å². The van der Waals surface area contributed by atoms with Gasteiger partial charge in [0, 0.05) is 0 Å². The van der Waals surface area contributed by atoms with Gasteiger partial charge in [-0.05, 0) is 53.1 Å². The highest BCUT2D eigenvalue weighted by Gasteiger charge is 2.30. The van der Waals surface area contributed by atoms with Crippen LogP contribution in [0.5, 0.6) is 11.5 Å². The molecule has 0 saturated heterocycles. The first-order valence-electron chi connectivity index (χ1n) is 10.9. The smallest absolute Gasteiger partial charge is 0.440 e. The molecule has 0 fully saturated rings. The Kier molecular flexibility index (Phi) is 7.37. The molecule has 4 aromatic rings. The molecular weight excluding hydrogens is 522 g/mol. The number of benzene rings is 3. The molecule has 1 heterocycles. The number of nitrogens with zero attached hydrogens (tertiary/aromatic N) is 1. The van der Waals surface area contributed by atoms with Crippen LogP contribution in [0.25, 0.3) is 0 Å². The average Bonchev–Trinajstić information content (AvgIpc) is 3.17. The highest BCUT2D eigenvalue weighted by Crippen LogP contribution is 2.33. The summed E-state index contributed by atoms with van der Waals surface area (Å²) >= 11 is 0. The Morgan fingerprint density at radius 1 is 0.684 bits per heavy atom. The van der Waals surface area contributed by atoms with E-state index in [0.717, 1.165) is 29.0 Å². The lowest BCUT2D eigenvalue weighted by molar-refractivity contribution is -0.138. The van der Waals surface area contributed by atoms with E-state index >= 15 is 0 Å². The Bertz CT molecular complexity index is 1500. The van der Waals surface area contributed by atoms with Crippen molar-refractivity contribution in [2.75, 3.05) is 0 Å². The zero-order valence-corrected chi connectivity index (χ0v) is 19.2. The minimum absolute atomic E-state index is 0.111. The van der Waals surface area contributed by atoms with Crippen LogP contribution in [0, 0.1) is 0 Å². The van der Waals surface area contributed by atoms with Crippen LogP contribution in [0.4, 0.5) is 26.3 Å². The standard InChI is InChI=1S/C25H18F6N2O5/c26-24(27,28)18-6-1-15(2-7-18)13-36-20-10-5-17(12-33-22(34)32-23(35)38-33)11-21(20)37-14-16-3-8-19(9-4-16)25(29,30)31/h1-11H,12-14H2,(H,32,34,35). The Hall–Kier alpha value is -4.42. The maximum Gasteiger partial charge on any atom is 0.440 e. The van der Waals surface area contributed by atoms with E-state index in [1.54, 1.807) is 6.07 Å². The maximum atomic E-state index is 12.8.